The maximum absolute atomic E-state index is 11.6. The predicted octanol–water partition coefficient (Wildman–Crippen LogP) is 2.59. The van der Waals surface area contributed by atoms with Crippen molar-refractivity contribution in [1.82, 2.24) is 20.4 Å². The highest BCUT2D eigenvalue weighted by molar-refractivity contribution is 14.0. The van der Waals surface area contributed by atoms with E-state index >= 15 is 0 Å². The number of rotatable bonds is 6. The van der Waals surface area contributed by atoms with Crippen molar-refractivity contribution >= 4 is 63.1 Å². The summed E-state index contributed by atoms with van der Waals surface area (Å²) in [7, 11) is 1.81. The molecule has 6 nitrogen and oxygen atoms in total. The molecule has 0 spiro atoms. The maximum Gasteiger partial charge on any atom is 0.222 e. The fourth-order valence-electron chi connectivity index (χ4n) is 2.67. The summed E-state index contributed by atoms with van der Waals surface area (Å²) in [5, 5.41) is 6.25. The number of piperazine rings is 1. The van der Waals surface area contributed by atoms with E-state index in [1.165, 1.54) is 8.66 Å². The molecule has 148 valence electrons. The molecule has 0 radical (unpaired) electrons. The highest BCUT2D eigenvalue weighted by Crippen LogP contribution is 2.23. The van der Waals surface area contributed by atoms with Crippen LogP contribution in [0.5, 0.6) is 0 Å². The second-order valence-corrected chi connectivity index (χ2v) is 8.94. The van der Waals surface area contributed by atoms with Crippen LogP contribution in [0, 0.1) is 5.92 Å². The van der Waals surface area contributed by atoms with Crippen molar-refractivity contribution in [2.75, 3.05) is 46.3 Å². The number of carbonyl (C=O) groups is 1. The quantitative estimate of drug-likeness (QED) is 0.244. The molecule has 2 rings (SSSR count). The molecule has 2 N–H and O–H groups in total. The number of guanidine groups is 1. The highest BCUT2D eigenvalue weighted by atomic mass is 127. The number of hydrogen-bond donors (Lipinski definition) is 2. The second-order valence-electron chi connectivity index (χ2n) is 6.39. The van der Waals surface area contributed by atoms with E-state index in [2.05, 4.69) is 53.5 Å². The molecule has 1 aliphatic rings. The number of hydrogen-bond acceptors (Lipinski definition) is 4. The van der Waals surface area contributed by atoms with E-state index in [-0.39, 0.29) is 35.8 Å². The first-order valence-electron chi connectivity index (χ1n) is 8.69. The Morgan fingerprint density at radius 3 is 2.42 bits per heavy atom. The number of aliphatic imine (C=N–C) groups is 1. The molecule has 9 heteroatoms. The summed E-state index contributed by atoms with van der Waals surface area (Å²) in [6.07, 6.45) is 0. The molecule has 0 bridgehead atoms. The first-order valence-corrected chi connectivity index (χ1v) is 10.3. The SMILES string of the molecule is CN=C(NCCNC(=O)C(C)C)N1CCN(Cc2ccc(Br)s2)CC1.I. The van der Waals surface area contributed by atoms with Crippen molar-refractivity contribution in [1.29, 1.82) is 0 Å². The van der Waals surface area contributed by atoms with Gasteiger partial charge in [0.15, 0.2) is 5.96 Å². The van der Waals surface area contributed by atoms with Gasteiger partial charge in [0, 0.05) is 63.7 Å². The maximum atomic E-state index is 11.6. The summed E-state index contributed by atoms with van der Waals surface area (Å²) in [5.74, 6) is 1.03. The molecule has 0 unspecified atom stereocenters. The van der Waals surface area contributed by atoms with E-state index in [1.54, 1.807) is 11.3 Å². The van der Waals surface area contributed by atoms with Crippen molar-refractivity contribution in [3.63, 3.8) is 0 Å². The fourth-order valence-corrected chi connectivity index (χ4v) is 4.20. The smallest absolute Gasteiger partial charge is 0.222 e. The van der Waals surface area contributed by atoms with Crippen LogP contribution in [0.1, 0.15) is 18.7 Å². The molecular weight excluding hydrogens is 529 g/mol. The Morgan fingerprint density at radius 2 is 1.88 bits per heavy atom. The van der Waals surface area contributed by atoms with Crippen LogP contribution in [-0.4, -0.2) is 68.0 Å². The first-order chi connectivity index (χ1) is 12.0. The van der Waals surface area contributed by atoms with Crippen LogP contribution >= 0.6 is 51.2 Å². The first kappa shape index (κ1) is 23.6. The van der Waals surface area contributed by atoms with Gasteiger partial charge in [-0.2, -0.15) is 0 Å². The molecule has 0 aromatic carbocycles. The van der Waals surface area contributed by atoms with Gasteiger partial charge in [-0.15, -0.1) is 35.3 Å². The molecule has 1 aromatic heterocycles. The predicted molar refractivity (Wildman–Crippen MR) is 123 cm³/mol. The van der Waals surface area contributed by atoms with Gasteiger partial charge >= 0.3 is 0 Å². The zero-order valence-electron chi connectivity index (χ0n) is 15.6. The van der Waals surface area contributed by atoms with Gasteiger partial charge < -0.3 is 15.5 Å². The van der Waals surface area contributed by atoms with Gasteiger partial charge in [-0.3, -0.25) is 14.7 Å². The van der Waals surface area contributed by atoms with Gasteiger partial charge in [0.2, 0.25) is 5.91 Å². The molecule has 0 aliphatic carbocycles. The average molecular weight is 558 g/mol. The monoisotopic (exact) mass is 557 g/mol. The van der Waals surface area contributed by atoms with Gasteiger partial charge in [-0.05, 0) is 28.1 Å². The second kappa shape index (κ2) is 12.1. The molecular formula is C17H29BrIN5OS. The van der Waals surface area contributed by atoms with Crippen molar-refractivity contribution < 1.29 is 4.79 Å². The standard InChI is InChI=1S/C17H28BrN5OS.HI/c1-13(2)16(24)20-6-7-21-17(19-3)23-10-8-22(9-11-23)12-14-4-5-15(18)25-14;/h4-5,13H,6-12H2,1-3H3,(H,19,21)(H,20,24);1H. The molecule has 1 saturated heterocycles. The third kappa shape index (κ3) is 7.69. The fraction of sp³-hybridized carbons (Fsp3) is 0.647. The third-order valence-corrected chi connectivity index (χ3v) is 5.73. The molecule has 26 heavy (non-hydrogen) atoms. The molecule has 0 atom stereocenters. The van der Waals surface area contributed by atoms with Crippen molar-refractivity contribution in [2.24, 2.45) is 10.9 Å². The summed E-state index contributed by atoms with van der Waals surface area (Å²) < 4.78 is 1.19. The van der Waals surface area contributed by atoms with Crippen LogP contribution in [0.15, 0.2) is 20.9 Å². The lowest BCUT2D eigenvalue weighted by molar-refractivity contribution is -0.123. The van der Waals surface area contributed by atoms with Crippen molar-refractivity contribution in [3.05, 3.63) is 20.8 Å². The van der Waals surface area contributed by atoms with Crippen molar-refractivity contribution in [2.45, 2.75) is 20.4 Å². The van der Waals surface area contributed by atoms with Gasteiger partial charge in [0.1, 0.15) is 0 Å². The molecule has 1 fully saturated rings. The van der Waals surface area contributed by atoms with Crippen LogP contribution in [-0.2, 0) is 11.3 Å². The Balaban J connectivity index is 0.00000338. The number of nitrogens with one attached hydrogen (secondary N) is 2. The van der Waals surface area contributed by atoms with E-state index in [4.69, 9.17) is 0 Å². The minimum Gasteiger partial charge on any atom is -0.354 e. The summed E-state index contributed by atoms with van der Waals surface area (Å²) in [5.41, 5.74) is 0. The molecule has 1 aliphatic heterocycles. The van der Waals surface area contributed by atoms with Crippen LogP contribution < -0.4 is 10.6 Å². The van der Waals surface area contributed by atoms with Gasteiger partial charge in [-0.25, -0.2) is 0 Å². The number of amides is 1. The lowest BCUT2D eigenvalue weighted by Gasteiger charge is -2.36. The van der Waals surface area contributed by atoms with Crippen LogP contribution in [0.4, 0.5) is 0 Å². The van der Waals surface area contributed by atoms with Gasteiger partial charge in [-0.1, -0.05) is 13.8 Å². The van der Waals surface area contributed by atoms with E-state index in [9.17, 15) is 4.79 Å². The van der Waals surface area contributed by atoms with Crippen LogP contribution in [0.2, 0.25) is 0 Å². The summed E-state index contributed by atoms with van der Waals surface area (Å²) in [6.45, 7) is 10.1. The average Bonchev–Trinajstić information content (AvgIpc) is 3.00. The Labute approximate surface area is 185 Å². The van der Waals surface area contributed by atoms with Gasteiger partial charge in [0.05, 0.1) is 3.79 Å². The largest absolute Gasteiger partial charge is 0.354 e. The van der Waals surface area contributed by atoms with E-state index in [0.29, 0.717) is 13.1 Å². The molecule has 2 heterocycles. The topological polar surface area (TPSA) is 60.0 Å². The molecule has 0 saturated carbocycles. The van der Waals surface area contributed by atoms with Crippen molar-refractivity contribution in [3.8, 4) is 0 Å². The van der Waals surface area contributed by atoms with Crippen LogP contribution in [0.25, 0.3) is 0 Å². The Bertz CT molecular complexity index is 587. The minimum absolute atomic E-state index is 0. The van der Waals surface area contributed by atoms with Gasteiger partial charge in [0.25, 0.3) is 0 Å². The summed E-state index contributed by atoms with van der Waals surface area (Å²) in [6, 6.07) is 4.30. The normalized spacial score (nSPS) is 15.7. The highest BCUT2D eigenvalue weighted by Gasteiger charge is 2.20. The Hall–Kier alpha value is -0.390. The van der Waals surface area contributed by atoms with E-state index in [1.807, 2.05) is 20.9 Å². The summed E-state index contributed by atoms with van der Waals surface area (Å²) in [4.78, 5) is 22.1. The zero-order chi connectivity index (χ0) is 18.2. The molecule has 1 aromatic rings. The lowest BCUT2D eigenvalue weighted by atomic mass is 10.2. The zero-order valence-corrected chi connectivity index (χ0v) is 20.4. The lowest BCUT2D eigenvalue weighted by Crippen LogP contribution is -2.53. The van der Waals surface area contributed by atoms with E-state index in [0.717, 1.165) is 38.7 Å². The number of nitrogens with zero attached hydrogens (tertiary/aromatic N) is 3. The number of halogens is 2. The third-order valence-electron chi connectivity index (χ3n) is 4.12. The van der Waals surface area contributed by atoms with Crippen LogP contribution in [0.3, 0.4) is 0 Å². The Morgan fingerprint density at radius 1 is 1.23 bits per heavy atom. The number of thiophene rings is 1. The van der Waals surface area contributed by atoms with E-state index < -0.39 is 0 Å². The minimum atomic E-state index is 0. The summed E-state index contributed by atoms with van der Waals surface area (Å²) >= 11 is 5.32. The number of carbonyl (C=O) groups excluding carboxylic acids is 1. The Kier molecular flexibility index (Phi) is 11.0. The molecule has 1 amide bonds.